The number of hydrogen-bond donors (Lipinski definition) is 2. The van der Waals surface area contributed by atoms with Crippen molar-refractivity contribution >= 4 is 29.3 Å². The van der Waals surface area contributed by atoms with Crippen molar-refractivity contribution in [1.29, 1.82) is 0 Å². The molecule has 3 rings (SSSR count). The Bertz CT molecular complexity index is 789. The summed E-state index contributed by atoms with van der Waals surface area (Å²) in [7, 11) is 0. The third-order valence-electron chi connectivity index (χ3n) is 4.19. The van der Waals surface area contributed by atoms with Crippen molar-refractivity contribution < 1.29 is 9.59 Å². The summed E-state index contributed by atoms with van der Waals surface area (Å²) in [5.41, 5.74) is 4.05. The minimum Gasteiger partial charge on any atom is -0.352 e. The van der Waals surface area contributed by atoms with E-state index in [1.165, 1.54) is 24.0 Å². The monoisotopic (exact) mass is 354 g/mol. The number of fused-ring (bicyclic) bond motifs is 1. The average Bonchev–Trinajstić information content (AvgIpc) is 3.08. The van der Waals surface area contributed by atoms with Gasteiger partial charge in [-0.3, -0.25) is 9.59 Å². The van der Waals surface area contributed by atoms with E-state index in [-0.39, 0.29) is 11.8 Å². The molecule has 0 heterocycles. The molecule has 5 heteroatoms. The lowest BCUT2D eigenvalue weighted by Gasteiger charge is -2.08. The molecule has 0 aliphatic heterocycles. The Morgan fingerprint density at radius 2 is 1.92 bits per heavy atom. The fraction of sp³-hybridized carbons (Fsp3) is 0.300. The molecule has 0 saturated carbocycles. The Hall–Kier alpha value is -2.27. The predicted octanol–water partition coefficient (Wildman–Crippen LogP) is 3.66. The van der Waals surface area contributed by atoms with Gasteiger partial charge in [0.15, 0.2) is 0 Å². The summed E-state index contributed by atoms with van der Waals surface area (Å²) < 4.78 is 0. The third-order valence-corrected chi connectivity index (χ3v) is 5.18. The van der Waals surface area contributed by atoms with E-state index in [0.717, 1.165) is 11.3 Å². The van der Waals surface area contributed by atoms with Crippen molar-refractivity contribution in [3.8, 4) is 0 Å². The molecule has 0 aromatic heterocycles. The number of nitrogens with one attached hydrogen (secondary N) is 2. The smallest absolute Gasteiger partial charge is 0.251 e. The summed E-state index contributed by atoms with van der Waals surface area (Å²) in [5, 5.41) is 5.62. The molecular formula is C20H22N2O2S. The Balaban J connectivity index is 1.56. The van der Waals surface area contributed by atoms with Crippen molar-refractivity contribution in [2.75, 3.05) is 17.6 Å². The van der Waals surface area contributed by atoms with Gasteiger partial charge in [-0.1, -0.05) is 12.1 Å². The second kappa shape index (κ2) is 8.21. The summed E-state index contributed by atoms with van der Waals surface area (Å²) in [6.07, 6.45) is 3.54. The molecule has 2 amide bonds. The fourth-order valence-corrected chi connectivity index (χ4v) is 3.74. The van der Waals surface area contributed by atoms with Gasteiger partial charge in [-0.2, -0.15) is 0 Å². The quantitative estimate of drug-likeness (QED) is 0.779. The zero-order chi connectivity index (χ0) is 17.6. The Kier molecular flexibility index (Phi) is 5.76. The van der Waals surface area contributed by atoms with Gasteiger partial charge in [-0.25, -0.2) is 0 Å². The minimum absolute atomic E-state index is 0.0708. The van der Waals surface area contributed by atoms with E-state index in [0.29, 0.717) is 23.5 Å². The molecule has 4 nitrogen and oxygen atoms in total. The molecule has 0 radical (unpaired) electrons. The zero-order valence-electron chi connectivity index (χ0n) is 14.3. The van der Waals surface area contributed by atoms with Gasteiger partial charge in [0.2, 0.25) is 5.91 Å². The first-order valence-corrected chi connectivity index (χ1v) is 9.57. The first kappa shape index (κ1) is 17.5. The van der Waals surface area contributed by atoms with Crippen molar-refractivity contribution in [3.63, 3.8) is 0 Å². The van der Waals surface area contributed by atoms with E-state index in [2.05, 4.69) is 28.8 Å². The lowest BCUT2D eigenvalue weighted by Crippen LogP contribution is -2.23. The number of thioether (sulfide) groups is 1. The van der Waals surface area contributed by atoms with E-state index >= 15 is 0 Å². The van der Waals surface area contributed by atoms with Gasteiger partial charge in [0.1, 0.15) is 0 Å². The maximum atomic E-state index is 12.2. The molecule has 0 saturated heterocycles. The van der Waals surface area contributed by atoms with Crippen LogP contribution in [0.15, 0.2) is 47.4 Å². The number of aryl methyl sites for hydroxylation is 2. The third kappa shape index (κ3) is 4.63. The van der Waals surface area contributed by atoms with Crippen LogP contribution < -0.4 is 10.6 Å². The highest BCUT2D eigenvalue weighted by Crippen LogP contribution is 2.27. The van der Waals surface area contributed by atoms with Crippen LogP contribution in [0.25, 0.3) is 0 Å². The average molecular weight is 354 g/mol. The number of carbonyl (C=O) groups excluding carboxylic acids is 2. The number of benzene rings is 2. The first-order chi connectivity index (χ1) is 12.2. The molecule has 130 valence electrons. The molecule has 0 atom stereocenters. The Morgan fingerprint density at radius 1 is 1.08 bits per heavy atom. The van der Waals surface area contributed by atoms with E-state index in [1.807, 2.05) is 6.92 Å². The van der Waals surface area contributed by atoms with Gasteiger partial charge in [-0.05, 0) is 67.6 Å². The largest absolute Gasteiger partial charge is 0.352 e. The zero-order valence-corrected chi connectivity index (χ0v) is 15.1. The van der Waals surface area contributed by atoms with E-state index < -0.39 is 0 Å². The molecule has 2 aromatic carbocycles. The van der Waals surface area contributed by atoms with Gasteiger partial charge >= 0.3 is 0 Å². The Morgan fingerprint density at radius 3 is 2.76 bits per heavy atom. The van der Waals surface area contributed by atoms with E-state index in [9.17, 15) is 9.59 Å². The normalized spacial score (nSPS) is 12.5. The lowest BCUT2D eigenvalue weighted by atomic mass is 10.1. The highest BCUT2D eigenvalue weighted by molar-refractivity contribution is 8.00. The second-order valence-corrected chi connectivity index (χ2v) is 7.11. The summed E-state index contributed by atoms with van der Waals surface area (Å²) in [5.74, 6) is 0.147. The first-order valence-electron chi connectivity index (χ1n) is 8.58. The highest BCUT2D eigenvalue weighted by atomic mass is 32.2. The number of rotatable bonds is 6. The number of hydrogen-bond acceptors (Lipinski definition) is 3. The molecule has 0 fully saturated rings. The van der Waals surface area contributed by atoms with Crippen LogP contribution in [-0.4, -0.2) is 24.1 Å². The Labute approximate surface area is 152 Å². The van der Waals surface area contributed by atoms with Gasteiger partial charge in [0.05, 0.1) is 5.75 Å². The molecule has 1 aliphatic carbocycles. The van der Waals surface area contributed by atoms with Crippen LogP contribution in [0.4, 0.5) is 5.69 Å². The van der Waals surface area contributed by atoms with Crippen LogP contribution in [-0.2, 0) is 17.6 Å². The maximum absolute atomic E-state index is 12.2. The fourth-order valence-electron chi connectivity index (χ4n) is 2.98. The second-order valence-electron chi connectivity index (χ2n) is 6.06. The molecular weight excluding hydrogens is 332 g/mol. The minimum atomic E-state index is -0.133. The molecule has 0 unspecified atom stereocenters. The number of anilines is 1. The van der Waals surface area contributed by atoms with Crippen molar-refractivity contribution in [3.05, 3.63) is 59.2 Å². The molecule has 0 bridgehead atoms. The molecule has 0 spiro atoms. The van der Waals surface area contributed by atoms with Crippen molar-refractivity contribution in [2.24, 2.45) is 0 Å². The lowest BCUT2D eigenvalue weighted by molar-refractivity contribution is -0.113. The molecule has 2 aromatic rings. The van der Waals surface area contributed by atoms with Crippen LogP contribution in [0.5, 0.6) is 0 Å². The van der Waals surface area contributed by atoms with Crippen LogP contribution in [0.2, 0.25) is 0 Å². The van der Waals surface area contributed by atoms with E-state index in [4.69, 9.17) is 0 Å². The standard InChI is InChI=1S/C20H22N2O2S/c1-2-21-20(24)16-7-4-8-17(11-16)22-19(23)13-25-18-10-9-14-5-3-6-15(14)12-18/h4,7-12H,2-3,5-6,13H2,1H3,(H,21,24)(H,22,23). The molecule has 1 aliphatic rings. The summed E-state index contributed by atoms with van der Waals surface area (Å²) >= 11 is 1.54. The van der Waals surface area contributed by atoms with Gasteiger partial charge < -0.3 is 10.6 Å². The summed E-state index contributed by atoms with van der Waals surface area (Å²) in [6.45, 7) is 2.45. The highest BCUT2D eigenvalue weighted by Gasteiger charge is 2.12. The van der Waals surface area contributed by atoms with Gasteiger partial charge in [-0.15, -0.1) is 11.8 Å². The molecule has 25 heavy (non-hydrogen) atoms. The van der Waals surface area contributed by atoms with Crippen LogP contribution in [0.1, 0.15) is 34.8 Å². The summed E-state index contributed by atoms with van der Waals surface area (Å²) in [6, 6.07) is 13.5. The summed E-state index contributed by atoms with van der Waals surface area (Å²) in [4.78, 5) is 25.2. The van der Waals surface area contributed by atoms with Crippen LogP contribution in [0, 0.1) is 0 Å². The van der Waals surface area contributed by atoms with E-state index in [1.54, 1.807) is 36.0 Å². The topological polar surface area (TPSA) is 58.2 Å². The molecule has 2 N–H and O–H groups in total. The van der Waals surface area contributed by atoms with Gasteiger partial charge in [0.25, 0.3) is 5.91 Å². The van der Waals surface area contributed by atoms with Crippen molar-refractivity contribution in [1.82, 2.24) is 5.32 Å². The van der Waals surface area contributed by atoms with Gasteiger partial charge in [0, 0.05) is 22.7 Å². The van der Waals surface area contributed by atoms with Crippen LogP contribution >= 0.6 is 11.8 Å². The van der Waals surface area contributed by atoms with Crippen molar-refractivity contribution in [2.45, 2.75) is 31.1 Å². The number of amides is 2. The van der Waals surface area contributed by atoms with Crippen LogP contribution in [0.3, 0.4) is 0 Å². The SMILES string of the molecule is CCNC(=O)c1cccc(NC(=O)CSc2ccc3c(c2)CCC3)c1. The maximum Gasteiger partial charge on any atom is 0.251 e. The number of carbonyl (C=O) groups is 2. The predicted molar refractivity (Wildman–Crippen MR) is 102 cm³/mol.